The van der Waals surface area contributed by atoms with Crippen LogP contribution in [0.2, 0.25) is 0 Å². The topological polar surface area (TPSA) is 77.2 Å². The van der Waals surface area contributed by atoms with Crippen LogP contribution in [0.5, 0.6) is 0 Å². The second-order valence-electron chi connectivity index (χ2n) is 5.24. The molecule has 6 heteroatoms. The molecule has 3 atom stereocenters. The minimum absolute atomic E-state index is 0.0551. The maximum atomic E-state index is 10.9. The predicted octanol–water partition coefficient (Wildman–Crippen LogP) is 1.51. The molecule has 1 unspecified atom stereocenters. The molecular formula is C14H17N3O3. The number of fused-ring (bicyclic) bond motifs is 1. The number of carbonyl (C=O) groups is 1. The Hall–Kier alpha value is -1.95. The summed E-state index contributed by atoms with van der Waals surface area (Å²) >= 11 is 0. The van der Waals surface area contributed by atoms with Gasteiger partial charge in [0, 0.05) is 18.8 Å². The van der Waals surface area contributed by atoms with Gasteiger partial charge in [0.15, 0.2) is 6.23 Å². The van der Waals surface area contributed by atoms with E-state index in [-0.39, 0.29) is 17.8 Å². The van der Waals surface area contributed by atoms with Crippen LogP contribution in [0, 0.1) is 11.8 Å². The van der Waals surface area contributed by atoms with E-state index in [1.54, 1.807) is 4.68 Å². The van der Waals surface area contributed by atoms with Crippen molar-refractivity contribution in [3.05, 3.63) is 24.3 Å². The average molecular weight is 275 g/mol. The molecular weight excluding hydrogens is 258 g/mol. The highest BCUT2D eigenvalue weighted by Gasteiger charge is 2.38. The van der Waals surface area contributed by atoms with Gasteiger partial charge in [-0.15, -0.1) is 5.10 Å². The lowest BCUT2D eigenvalue weighted by atomic mass is 9.73. The number of aliphatic hydroxyl groups is 1. The molecule has 1 aliphatic carbocycles. The molecule has 1 aliphatic rings. The number of benzene rings is 1. The summed E-state index contributed by atoms with van der Waals surface area (Å²) in [5.41, 5.74) is 1.58. The van der Waals surface area contributed by atoms with Crippen molar-refractivity contribution in [1.82, 2.24) is 15.0 Å². The molecule has 1 aromatic heterocycles. The largest absolute Gasteiger partial charge is 0.466 e. The van der Waals surface area contributed by atoms with E-state index >= 15 is 0 Å². The van der Waals surface area contributed by atoms with Crippen molar-refractivity contribution in [2.75, 3.05) is 6.61 Å². The molecule has 0 radical (unpaired) electrons. The fourth-order valence-electron chi connectivity index (χ4n) is 2.68. The van der Waals surface area contributed by atoms with Gasteiger partial charge in [-0.1, -0.05) is 17.3 Å². The average Bonchev–Trinajstić information content (AvgIpc) is 2.81. The summed E-state index contributed by atoms with van der Waals surface area (Å²) in [6, 6.07) is 7.54. The summed E-state index contributed by atoms with van der Waals surface area (Å²) < 4.78 is 6.59. The van der Waals surface area contributed by atoms with Gasteiger partial charge in [0.25, 0.3) is 0 Å². The Labute approximate surface area is 116 Å². The Bertz CT molecular complexity index is 625. The van der Waals surface area contributed by atoms with Gasteiger partial charge in [-0.2, -0.15) is 0 Å². The lowest BCUT2D eigenvalue weighted by Crippen LogP contribution is -2.37. The highest BCUT2D eigenvalue weighted by atomic mass is 16.5. The van der Waals surface area contributed by atoms with Crippen LogP contribution in [0.25, 0.3) is 11.0 Å². The summed E-state index contributed by atoms with van der Waals surface area (Å²) in [6.07, 6.45) is 1.14. The van der Waals surface area contributed by atoms with Gasteiger partial charge in [-0.05, 0) is 25.0 Å². The van der Waals surface area contributed by atoms with Crippen molar-refractivity contribution in [2.24, 2.45) is 11.8 Å². The van der Waals surface area contributed by atoms with E-state index in [1.807, 2.05) is 24.3 Å². The second kappa shape index (κ2) is 5.20. The van der Waals surface area contributed by atoms with Crippen molar-refractivity contribution in [3.63, 3.8) is 0 Å². The van der Waals surface area contributed by atoms with Gasteiger partial charge in [-0.3, -0.25) is 4.79 Å². The Morgan fingerprint density at radius 1 is 1.50 bits per heavy atom. The molecule has 3 rings (SSSR count). The summed E-state index contributed by atoms with van der Waals surface area (Å²) in [4.78, 5) is 10.9. The van der Waals surface area contributed by atoms with Gasteiger partial charge >= 0.3 is 5.97 Å². The number of hydrogen-bond donors (Lipinski definition) is 1. The first-order valence-electron chi connectivity index (χ1n) is 6.78. The summed E-state index contributed by atoms with van der Waals surface area (Å²) in [6.45, 7) is 1.76. The van der Waals surface area contributed by atoms with Gasteiger partial charge in [0.05, 0.1) is 12.1 Å². The van der Waals surface area contributed by atoms with E-state index in [9.17, 15) is 9.90 Å². The monoisotopic (exact) mass is 275 g/mol. The molecule has 0 saturated heterocycles. The van der Waals surface area contributed by atoms with E-state index in [4.69, 9.17) is 4.74 Å². The Balaban J connectivity index is 1.75. The number of esters is 1. The van der Waals surface area contributed by atoms with E-state index in [0.717, 1.165) is 23.9 Å². The van der Waals surface area contributed by atoms with E-state index in [2.05, 4.69) is 10.3 Å². The molecule has 20 heavy (non-hydrogen) atoms. The number of aliphatic hydroxyl groups excluding tert-OH is 1. The summed E-state index contributed by atoms with van der Waals surface area (Å²) in [5.74, 6) is -0.0346. The lowest BCUT2D eigenvalue weighted by molar-refractivity contribution is -0.147. The minimum atomic E-state index is -0.725. The SMILES string of the molecule is CC(=O)OC[C@@H]1CC[C@H]1C(O)n1nnc2ccccc21. The predicted molar refractivity (Wildman–Crippen MR) is 71.6 cm³/mol. The zero-order chi connectivity index (χ0) is 14.1. The lowest BCUT2D eigenvalue weighted by Gasteiger charge is -2.38. The summed E-state index contributed by atoms with van der Waals surface area (Å²) in [5, 5.41) is 18.6. The van der Waals surface area contributed by atoms with Crippen LogP contribution in [0.3, 0.4) is 0 Å². The third-order valence-corrected chi connectivity index (χ3v) is 3.99. The number of ether oxygens (including phenoxy) is 1. The molecule has 1 saturated carbocycles. The second-order valence-corrected chi connectivity index (χ2v) is 5.24. The van der Waals surface area contributed by atoms with Crippen molar-refractivity contribution < 1.29 is 14.6 Å². The molecule has 0 aliphatic heterocycles. The van der Waals surface area contributed by atoms with Gasteiger partial charge in [0.1, 0.15) is 5.52 Å². The fourth-order valence-corrected chi connectivity index (χ4v) is 2.68. The van der Waals surface area contributed by atoms with E-state index in [0.29, 0.717) is 6.61 Å². The minimum Gasteiger partial charge on any atom is -0.466 e. The Kier molecular flexibility index (Phi) is 3.40. The van der Waals surface area contributed by atoms with Crippen molar-refractivity contribution in [1.29, 1.82) is 0 Å². The van der Waals surface area contributed by atoms with Crippen LogP contribution in [-0.4, -0.2) is 32.7 Å². The van der Waals surface area contributed by atoms with Gasteiger partial charge in [0.2, 0.25) is 0 Å². The molecule has 1 heterocycles. The third-order valence-electron chi connectivity index (χ3n) is 3.99. The molecule has 0 bridgehead atoms. The molecule has 0 spiro atoms. The summed E-state index contributed by atoms with van der Waals surface area (Å²) in [7, 11) is 0. The number of carbonyl (C=O) groups excluding carboxylic acids is 1. The molecule has 106 valence electrons. The van der Waals surface area contributed by atoms with Crippen LogP contribution in [0.4, 0.5) is 0 Å². The zero-order valence-corrected chi connectivity index (χ0v) is 11.3. The standard InChI is InChI=1S/C14H17N3O3/c1-9(18)20-8-10-6-7-11(10)14(19)17-13-5-3-2-4-12(13)15-16-17/h2-5,10-11,14,19H,6-8H2,1H3/t10-,11+,14?/m0/s1. The highest BCUT2D eigenvalue weighted by Crippen LogP contribution is 2.41. The van der Waals surface area contributed by atoms with Crippen LogP contribution < -0.4 is 0 Å². The Morgan fingerprint density at radius 3 is 3.00 bits per heavy atom. The quantitative estimate of drug-likeness (QED) is 0.856. The van der Waals surface area contributed by atoms with Crippen LogP contribution in [0.15, 0.2) is 24.3 Å². The molecule has 0 amide bonds. The maximum Gasteiger partial charge on any atom is 0.302 e. The first kappa shape index (κ1) is 13.1. The van der Waals surface area contributed by atoms with E-state index in [1.165, 1.54) is 6.92 Å². The van der Waals surface area contributed by atoms with Crippen LogP contribution in [0.1, 0.15) is 26.0 Å². The molecule has 1 fully saturated rings. The van der Waals surface area contributed by atoms with Gasteiger partial charge in [-0.25, -0.2) is 4.68 Å². The highest BCUT2D eigenvalue weighted by molar-refractivity contribution is 5.73. The van der Waals surface area contributed by atoms with Crippen LogP contribution in [-0.2, 0) is 9.53 Å². The molecule has 1 N–H and O–H groups in total. The van der Waals surface area contributed by atoms with Crippen molar-refractivity contribution in [3.8, 4) is 0 Å². The number of nitrogens with zero attached hydrogens (tertiary/aromatic N) is 3. The number of para-hydroxylation sites is 1. The third kappa shape index (κ3) is 2.27. The van der Waals surface area contributed by atoms with Crippen molar-refractivity contribution in [2.45, 2.75) is 26.0 Å². The normalized spacial score (nSPS) is 23.3. The van der Waals surface area contributed by atoms with E-state index < -0.39 is 6.23 Å². The van der Waals surface area contributed by atoms with Gasteiger partial charge < -0.3 is 9.84 Å². The number of hydrogen-bond acceptors (Lipinski definition) is 5. The molecule has 1 aromatic carbocycles. The molecule has 2 aromatic rings. The Morgan fingerprint density at radius 2 is 2.30 bits per heavy atom. The molecule has 6 nitrogen and oxygen atoms in total. The smallest absolute Gasteiger partial charge is 0.302 e. The van der Waals surface area contributed by atoms with Crippen LogP contribution >= 0.6 is 0 Å². The van der Waals surface area contributed by atoms with Crippen molar-refractivity contribution >= 4 is 17.0 Å². The maximum absolute atomic E-state index is 10.9. The first-order chi connectivity index (χ1) is 9.66. The number of rotatable bonds is 4. The first-order valence-corrected chi connectivity index (χ1v) is 6.78. The fraction of sp³-hybridized carbons (Fsp3) is 0.500. The number of aromatic nitrogens is 3. The zero-order valence-electron chi connectivity index (χ0n) is 11.3.